The Hall–Kier alpha value is -2.04. The number of hydrogen-bond donors (Lipinski definition) is 3. The quantitative estimate of drug-likeness (QED) is 0.458. The number of Topliss-reactive ketones (excluding diaryl/α,β-unsaturated/α-hetero) is 1. The second-order valence-corrected chi connectivity index (χ2v) is 4.54. The maximum atomic E-state index is 12.2. The maximum Gasteiger partial charge on any atom is 0.228 e. The Morgan fingerprint density at radius 3 is 2.26 bits per heavy atom. The fourth-order valence-corrected chi connectivity index (χ4v) is 1.91. The van der Waals surface area contributed by atoms with Gasteiger partial charge in [0.2, 0.25) is 10.8 Å². The number of alkyl halides is 1. The molecule has 0 aliphatic rings. The summed E-state index contributed by atoms with van der Waals surface area (Å²) in [7, 11) is 0. The number of ketones is 1. The zero-order valence-electron chi connectivity index (χ0n) is 9.75. The van der Waals surface area contributed by atoms with Crippen molar-refractivity contribution >= 4 is 17.4 Å². The molecule has 0 saturated carbocycles. The van der Waals surface area contributed by atoms with E-state index in [1.54, 1.807) is 18.2 Å². The third-order valence-electron chi connectivity index (χ3n) is 2.72. The van der Waals surface area contributed by atoms with Crippen LogP contribution in [0.5, 0.6) is 11.5 Å². The number of phenolic OH excluding ortho intramolecular Hbond substituents is 2. The van der Waals surface area contributed by atoms with Crippen molar-refractivity contribution in [3.63, 3.8) is 0 Å². The van der Waals surface area contributed by atoms with Crippen LogP contribution in [-0.2, 0) is 5.06 Å². The Labute approximate surface area is 114 Å². The molecule has 5 heteroatoms. The van der Waals surface area contributed by atoms with Gasteiger partial charge >= 0.3 is 0 Å². The maximum absolute atomic E-state index is 12.2. The lowest BCUT2D eigenvalue weighted by Gasteiger charge is -2.20. The van der Waals surface area contributed by atoms with Crippen LogP contribution in [-0.4, -0.2) is 21.1 Å². The number of aromatic hydroxyl groups is 2. The van der Waals surface area contributed by atoms with Gasteiger partial charge in [-0.15, -0.1) is 0 Å². The van der Waals surface area contributed by atoms with Gasteiger partial charge in [0, 0.05) is 5.56 Å². The third kappa shape index (κ3) is 2.41. The Balaban J connectivity index is 2.47. The Morgan fingerprint density at radius 2 is 1.63 bits per heavy atom. The molecule has 3 N–H and O–H groups in total. The van der Waals surface area contributed by atoms with E-state index < -0.39 is 22.3 Å². The predicted molar refractivity (Wildman–Crippen MR) is 70.3 cm³/mol. The molecule has 1 unspecified atom stereocenters. The molecule has 2 aromatic carbocycles. The van der Waals surface area contributed by atoms with Gasteiger partial charge in [-0.1, -0.05) is 48.0 Å². The molecular formula is C14H11ClO4. The number of rotatable bonds is 3. The number of hydrogen-bond acceptors (Lipinski definition) is 4. The van der Waals surface area contributed by atoms with Gasteiger partial charge in [0.25, 0.3) is 0 Å². The monoisotopic (exact) mass is 278 g/mol. The van der Waals surface area contributed by atoms with Crippen LogP contribution in [0.15, 0.2) is 48.5 Å². The molecule has 2 rings (SSSR count). The molecule has 0 aliphatic carbocycles. The van der Waals surface area contributed by atoms with Gasteiger partial charge in [-0.05, 0) is 12.1 Å². The normalized spacial score (nSPS) is 13.8. The highest BCUT2D eigenvalue weighted by molar-refractivity contribution is 6.36. The van der Waals surface area contributed by atoms with Crippen LogP contribution in [0.25, 0.3) is 0 Å². The Morgan fingerprint density at radius 1 is 1.00 bits per heavy atom. The number of carbonyl (C=O) groups is 1. The third-order valence-corrected chi connectivity index (χ3v) is 3.11. The van der Waals surface area contributed by atoms with E-state index in [1.807, 2.05) is 0 Å². The van der Waals surface area contributed by atoms with Crippen LogP contribution in [0.4, 0.5) is 0 Å². The van der Waals surface area contributed by atoms with Gasteiger partial charge in [-0.3, -0.25) is 4.79 Å². The fraction of sp³-hybridized carbons (Fsp3) is 0.0714. The SMILES string of the molecule is O=C(c1cccc(O)c1O)C(O)(Cl)c1ccccc1. The van der Waals surface area contributed by atoms with Crippen molar-refractivity contribution in [3.05, 3.63) is 59.7 Å². The summed E-state index contributed by atoms with van der Waals surface area (Å²) in [6, 6.07) is 11.8. The van der Waals surface area contributed by atoms with Crippen molar-refractivity contribution in [2.45, 2.75) is 5.06 Å². The summed E-state index contributed by atoms with van der Waals surface area (Å²) in [5, 5.41) is 26.8. The summed E-state index contributed by atoms with van der Waals surface area (Å²) in [5.41, 5.74) is -0.0641. The highest BCUT2D eigenvalue weighted by atomic mass is 35.5. The van der Waals surface area contributed by atoms with Crippen LogP contribution in [0.2, 0.25) is 0 Å². The van der Waals surface area contributed by atoms with Crippen LogP contribution in [0.3, 0.4) is 0 Å². The molecule has 0 amide bonds. The zero-order chi connectivity index (χ0) is 14.0. The van der Waals surface area contributed by atoms with Crippen molar-refractivity contribution in [1.29, 1.82) is 0 Å². The molecule has 98 valence electrons. The first-order valence-electron chi connectivity index (χ1n) is 5.47. The van der Waals surface area contributed by atoms with Gasteiger partial charge in [-0.25, -0.2) is 0 Å². The molecule has 0 saturated heterocycles. The highest BCUT2D eigenvalue weighted by Crippen LogP contribution is 2.36. The van der Waals surface area contributed by atoms with Crippen molar-refractivity contribution in [3.8, 4) is 11.5 Å². The van der Waals surface area contributed by atoms with E-state index in [2.05, 4.69) is 0 Å². The summed E-state index contributed by atoms with van der Waals surface area (Å²) < 4.78 is 0. The largest absolute Gasteiger partial charge is 0.504 e. The molecule has 4 nitrogen and oxygen atoms in total. The first kappa shape index (κ1) is 13.4. The molecule has 0 bridgehead atoms. The van der Waals surface area contributed by atoms with E-state index in [-0.39, 0.29) is 11.1 Å². The van der Waals surface area contributed by atoms with Crippen LogP contribution >= 0.6 is 11.6 Å². The molecule has 19 heavy (non-hydrogen) atoms. The molecule has 1 atom stereocenters. The number of para-hydroxylation sites is 1. The first-order chi connectivity index (χ1) is 8.94. The smallest absolute Gasteiger partial charge is 0.228 e. The lowest BCUT2D eigenvalue weighted by molar-refractivity contribution is 0.0632. The van der Waals surface area contributed by atoms with Crippen LogP contribution in [0.1, 0.15) is 15.9 Å². The highest BCUT2D eigenvalue weighted by Gasteiger charge is 2.37. The van der Waals surface area contributed by atoms with Gasteiger partial charge in [0.1, 0.15) is 0 Å². The van der Waals surface area contributed by atoms with E-state index in [1.165, 1.54) is 30.3 Å². The summed E-state index contributed by atoms with van der Waals surface area (Å²) in [5.74, 6) is -1.97. The predicted octanol–water partition coefficient (Wildman–Crippen LogP) is 2.36. The Bertz CT molecular complexity index is 608. The zero-order valence-corrected chi connectivity index (χ0v) is 10.5. The van der Waals surface area contributed by atoms with E-state index in [0.29, 0.717) is 0 Å². The second-order valence-electron chi connectivity index (χ2n) is 3.99. The lowest BCUT2D eigenvalue weighted by atomic mass is 9.98. The average Bonchev–Trinajstić information content (AvgIpc) is 2.42. The summed E-state index contributed by atoms with van der Waals surface area (Å²) in [4.78, 5) is 12.2. The van der Waals surface area contributed by atoms with Crippen molar-refractivity contribution in [2.75, 3.05) is 0 Å². The number of halogens is 1. The van der Waals surface area contributed by atoms with Crippen molar-refractivity contribution < 1.29 is 20.1 Å². The minimum absolute atomic E-state index is 0.185. The lowest BCUT2D eigenvalue weighted by Crippen LogP contribution is -2.29. The molecule has 0 radical (unpaired) electrons. The van der Waals surface area contributed by atoms with Gasteiger partial charge < -0.3 is 15.3 Å². The van der Waals surface area contributed by atoms with Crippen molar-refractivity contribution in [2.24, 2.45) is 0 Å². The first-order valence-corrected chi connectivity index (χ1v) is 5.85. The van der Waals surface area contributed by atoms with Gasteiger partial charge in [-0.2, -0.15) is 0 Å². The fourth-order valence-electron chi connectivity index (χ4n) is 1.68. The molecule has 0 heterocycles. The van der Waals surface area contributed by atoms with Crippen LogP contribution < -0.4 is 0 Å². The van der Waals surface area contributed by atoms with E-state index in [0.717, 1.165) is 0 Å². The Kier molecular flexibility index (Phi) is 3.46. The molecule has 0 fully saturated rings. The molecule has 2 aromatic rings. The standard InChI is InChI=1S/C14H11ClO4/c15-14(19,9-5-2-1-3-6-9)13(18)10-7-4-8-11(16)12(10)17/h1-8,16-17,19H. The van der Waals surface area contributed by atoms with E-state index in [4.69, 9.17) is 11.6 Å². The number of aliphatic hydroxyl groups is 1. The van der Waals surface area contributed by atoms with Crippen LogP contribution in [0, 0.1) is 0 Å². The minimum Gasteiger partial charge on any atom is -0.504 e. The van der Waals surface area contributed by atoms with Gasteiger partial charge in [0.15, 0.2) is 11.5 Å². The average molecular weight is 279 g/mol. The summed E-state index contributed by atoms with van der Waals surface area (Å²) in [6.07, 6.45) is 0. The number of phenols is 2. The number of benzene rings is 2. The van der Waals surface area contributed by atoms with Gasteiger partial charge in [0.05, 0.1) is 5.56 Å². The summed E-state index contributed by atoms with van der Waals surface area (Å²) >= 11 is 5.88. The summed E-state index contributed by atoms with van der Waals surface area (Å²) in [6.45, 7) is 0. The molecule has 0 aliphatic heterocycles. The van der Waals surface area contributed by atoms with Crippen molar-refractivity contribution in [1.82, 2.24) is 0 Å². The second kappa shape index (κ2) is 4.91. The van der Waals surface area contributed by atoms with E-state index in [9.17, 15) is 20.1 Å². The molecule has 0 spiro atoms. The minimum atomic E-state index is -2.30. The topological polar surface area (TPSA) is 77.8 Å². The molecule has 0 aromatic heterocycles. The number of carbonyl (C=O) groups excluding carboxylic acids is 1. The van der Waals surface area contributed by atoms with E-state index >= 15 is 0 Å². The molecular weight excluding hydrogens is 268 g/mol.